The number of rotatable bonds is 11. The highest BCUT2D eigenvalue weighted by atomic mass is 16.8. The normalized spacial score (nSPS) is 29.6. The number of piperidine rings is 1. The zero-order valence-electron chi connectivity index (χ0n) is 25.4. The van der Waals surface area contributed by atoms with Gasteiger partial charge in [-0.2, -0.15) is 0 Å². The van der Waals surface area contributed by atoms with Gasteiger partial charge in [0.1, 0.15) is 18.1 Å². The van der Waals surface area contributed by atoms with E-state index >= 15 is 0 Å². The molecule has 5 nitrogen and oxygen atoms in total. The molecule has 4 bridgehead atoms. The molecule has 3 aromatic rings. The molecule has 42 heavy (non-hydrogen) atoms. The Balaban J connectivity index is 1.20. The van der Waals surface area contributed by atoms with E-state index in [4.69, 9.17) is 18.9 Å². The van der Waals surface area contributed by atoms with E-state index in [1.807, 2.05) is 37.3 Å². The minimum atomic E-state index is -0.687. The zero-order chi connectivity index (χ0) is 28.5. The lowest BCUT2D eigenvalue weighted by Gasteiger charge is -2.57. The highest BCUT2D eigenvalue weighted by Crippen LogP contribution is 2.62. The number of hydrogen-bond donors (Lipinski definition) is 0. The smallest absolute Gasteiger partial charge is 0.315 e. The fourth-order valence-electron chi connectivity index (χ4n) is 9.28. The highest BCUT2D eigenvalue weighted by Gasteiger charge is 2.52. The first-order valence-electron chi connectivity index (χ1n) is 16.4. The maximum absolute atomic E-state index is 6.51. The first kappa shape index (κ1) is 28.2. The van der Waals surface area contributed by atoms with Gasteiger partial charge in [-0.05, 0) is 135 Å². The number of benzene rings is 3. The van der Waals surface area contributed by atoms with Crippen molar-refractivity contribution >= 4 is 10.8 Å². The van der Waals surface area contributed by atoms with Gasteiger partial charge in [-0.3, -0.25) is 4.90 Å². The van der Waals surface area contributed by atoms with Gasteiger partial charge < -0.3 is 18.9 Å². The fourth-order valence-corrected chi connectivity index (χ4v) is 9.28. The molecule has 1 aliphatic heterocycles. The number of nitrogens with zero attached hydrogens (tertiary/aromatic N) is 1. The summed E-state index contributed by atoms with van der Waals surface area (Å²) >= 11 is 0. The first-order valence-corrected chi connectivity index (χ1v) is 16.4. The second-order valence-electron chi connectivity index (χ2n) is 13.5. The molecule has 5 fully saturated rings. The van der Waals surface area contributed by atoms with Gasteiger partial charge in [-0.15, -0.1) is 0 Å². The van der Waals surface area contributed by atoms with Crippen LogP contribution >= 0.6 is 0 Å². The van der Waals surface area contributed by atoms with Gasteiger partial charge in [0.2, 0.25) is 0 Å². The topological polar surface area (TPSA) is 40.2 Å². The van der Waals surface area contributed by atoms with Gasteiger partial charge in [-0.25, -0.2) is 0 Å². The van der Waals surface area contributed by atoms with E-state index in [1.165, 1.54) is 79.7 Å². The van der Waals surface area contributed by atoms with Gasteiger partial charge >= 0.3 is 6.48 Å². The third kappa shape index (κ3) is 5.68. The molecule has 2 atom stereocenters. The Hall–Kier alpha value is -2.60. The van der Waals surface area contributed by atoms with Gasteiger partial charge in [-0.1, -0.05) is 36.8 Å². The van der Waals surface area contributed by atoms with Crippen LogP contribution < -0.4 is 9.47 Å². The van der Waals surface area contributed by atoms with E-state index < -0.39 is 6.48 Å². The SMILES string of the molecule is CCOC(OC)Oc1cc2ccc(C3CCCCN3CCOc3ccccc3)cc2cc1C12CC3CC(CC(C3)C1)C2. The summed E-state index contributed by atoms with van der Waals surface area (Å²) in [7, 11) is 1.67. The van der Waals surface area contributed by atoms with Crippen molar-refractivity contribution in [3.8, 4) is 11.5 Å². The van der Waals surface area contributed by atoms with Crippen LogP contribution in [-0.4, -0.2) is 44.8 Å². The van der Waals surface area contributed by atoms with Crippen molar-refractivity contribution < 1.29 is 18.9 Å². The summed E-state index contributed by atoms with van der Waals surface area (Å²) < 4.78 is 24.0. The van der Waals surface area contributed by atoms with Crippen LogP contribution in [0.4, 0.5) is 0 Å². The fraction of sp³-hybridized carbons (Fsp3) is 0.568. The lowest BCUT2D eigenvalue weighted by atomic mass is 9.48. The molecule has 8 rings (SSSR count). The van der Waals surface area contributed by atoms with Crippen LogP contribution in [0.15, 0.2) is 60.7 Å². The highest BCUT2D eigenvalue weighted by molar-refractivity contribution is 5.86. The second-order valence-corrected chi connectivity index (χ2v) is 13.5. The summed E-state index contributed by atoms with van der Waals surface area (Å²) in [6.07, 6.45) is 11.9. The van der Waals surface area contributed by atoms with E-state index in [2.05, 4.69) is 35.2 Å². The molecule has 3 aromatic carbocycles. The van der Waals surface area contributed by atoms with Crippen LogP contribution in [-0.2, 0) is 14.9 Å². The van der Waals surface area contributed by atoms with Crippen molar-refractivity contribution in [1.82, 2.24) is 4.90 Å². The minimum absolute atomic E-state index is 0.213. The van der Waals surface area contributed by atoms with Crippen LogP contribution in [0, 0.1) is 17.8 Å². The van der Waals surface area contributed by atoms with Crippen molar-refractivity contribution in [2.45, 2.75) is 82.6 Å². The predicted molar refractivity (Wildman–Crippen MR) is 167 cm³/mol. The van der Waals surface area contributed by atoms with Gasteiger partial charge in [0.05, 0.1) is 6.61 Å². The van der Waals surface area contributed by atoms with Gasteiger partial charge in [0, 0.05) is 25.3 Å². The van der Waals surface area contributed by atoms with Crippen LogP contribution in [0.25, 0.3) is 10.8 Å². The van der Waals surface area contributed by atoms with Gasteiger partial charge in [0.15, 0.2) is 0 Å². The summed E-state index contributed by atoms with van der Waals surface area (Å²) in [5.74, 6) is 4.50. The summed E-state index contributed by atoms with van der Waals surface area (Å²) in [4.78, 5) is 2.64. The van der Waals surface area contributed by atoms with Crippen molar-refractivity contribution in [2.75, 3.05) is 33.4 Å². The van der Waals surface area contributed by atoms with Crippen molar-refractivity contribution in [2.24, 2.45) is 17.8 Å². The standard InChI is InChI=1S/C37H47NO4/c1-3-40-36(39-2)42-35-22-29-12-13-30(34-11-7-8-14-38(34)15-16-41-32-9-5-4-6-10-32)20-31(29)21-33(35)37-23-26-17-27(24-37)19-28(18-26)25-37/h4-6,9-10,12-13,20-22,26-28,34,36H,3,7-8,11,14-19,23-25H2,1-2H3. The molecule has 5 aliphatic rings. The summed E-state index contributed by atoms with van der Waals surface area (Å²) in [6.45, 7) is 4.63. The Kier molecular flexibility index (Phi) is 8.18. The maximum atomic E-state index is 6.51. The summed E-state index contributed by atoms with van der Waals surface area (Å²) in [5.41, 5.74) is 3.03. The molecule has 0 radical (unpaired) electrons. The number of likely N-dealkylation sites (tertiary alicyclic amines) is 1. The first-order chi connectivity index (χ1) is 20.6. The Labute approximate surface area is 251 Å². The third-order valence-electron chi connectivity index (χ3n) is 10.7. The lowest BCUT2D eigenvalue weighted by molar-refractivity contribution is -0.231. The molecule has 1 heterocycles. The quantitative estimate of drug-likeness (QED) is 0.217. The largest absolute Gasteiger partial charge is 0.492 e. The Morgan fingerprint density at radius 1 is 0.881 bits per heavy atom. The van der Waals surface area contributed by atoms with Crippen LogP contribution in [0.3, 0.4) is 0 Å². The van der Waals surface area contributed by atoms with E-state index in [9.17, 15) is 0 Å². The number of methoxy groups -OCH3 is 1. The Morgan fingerprint density at radius 2 is 1.64 bits per heavy atom. The Bertz CT molecular complexity index is 1320. The number of ether oxygens (including phenoxy) is 4. The number of hydrogen-bond acceptors (Lipinski definition) is 5. The number of fused-ring (bicyclic) bond motifs is 1. The number of para-hydroxylation sites is 1. The lowest BCUT2D eigenvalue weighted by Crippen LogP contribution is -2.48. The third-order valence-corrected chi connectivity index (χ3v) is 10.7. The molecular weight excluding hydrogens is 522 g/mol. The van der Waals surface area contributed by atoms with Crippen LogP contribution in [0.5, 0.6) is 11.5 Å². The average molecular weight is 570 g/mol. The molecule has 5 heteroatoms. The van der Waals surface area contributed by atoms with E-state index in [0.29, 0.717) is 19.3 Å². The Morgan fingerprint density at radius 3 is 2.36 bits per heavy atom. The van der Waals surface area contributed by atoms with E-state index in [0.717, 1.165) is 42.3 Å². The molecule has 4 saturated carbocycles. The molecular formula is C37H47NO4. The zero-order valence-corrected chi connectivity index (χ0v) is 25.4. The molecule has 224 valence electrons. The van der Waals surface area contributed by atoms with Crippen molar-refractivity contribution in [3.63, 3.8) is 0 Å². The van der Waals surface area contributed by atoms with Crippen LogP contribution in [0.1, 0.15) is 81.9 Å². The molecule has 0 N–H and O–H groups in total. The van der Waals surface area contributed by atoms with Crippen molar-refractivity contribution in [1.29, 1.82) is 0 Å². The maximum Gasteiger partial charge on any atom is 0.315 e. The van der Waals surface area contributed by atoms with Crippen LogP contribution in [0.2, 0.25) is 0 Å². The summed E-state index contributed by atoms with van der Waals surface area (Å²) in [6, 6.07) is 22.5. The molecule has 4 aliphatic carbocycles. The monoisotopic (exact) mass is 569 g/mol. The molecule has 0 spiro atoms. The minimum Gasteiger partial charge on any atom is -0.492 e. The van der Waals surface area contributed by atoms with E-state index in [1.54, 1.807) is 7.11 Å². The van der Waals surface area contributed by atoms with Gasteiger partial charge in [0.25, 0.3) is 0 Å². The van der Waals surface area contributed by atoms with E-state index in [-0.39, 0.29) is 5.41 Å². The molecule has 0 amide bonds. The summed E-state index contributed by atoms with van der Waals surface area (Å²) in [5, 5.41) is 2.56. The molecule has 2 unspecified atom stereocenters. The second kappa shape index (κ2) is 12.2. The molecule has 1 saturated heterocycles. The van der Waals surface area contributed by atoms with Crippen molar-refractivity contribution in [3.05, 3.63) is 71.8 Å². The molecule has 0 aromatic heterocycles. The predicted octanol–water partition coefficient (Wildman–Crippen LogP) is 8.26. The average Bonchev–Trinajstić information content (AvgIpc) is 3.00.